The van der Waals surface area contributed by atoms with Crippen molar-refractivity contribution in [2.45, 2.75) is 33.1 Å². The summed E-state index contributed by atoms with van der Waals surface area (Å²) in [5, 5.41) is 1.27. The van der Waals surface area contributed by atoms with Crippen LogP contribution in [0.25, 0.3) is 10.9 Å². The number of rotatable bonds is 0. The van der Waals surface area contributed by atoms with Crippen LogP contribution in [0.2, 0.25) is 0 Å². The molecule has 2 aromatic rings. The minimum atomic E-state index is 0.255. The molecule has 1 aromatic heterocycles. The lowest BCUT2D eigenvalue weighted by Crippen LogP contribution is -2.18. The second-order valence-corrected chi connectivity index (χ2v) is 4.62. The molecular formula is C14H15NO. The SMILES string of the molecule is Cc1cccc2c1c(C)c1n2C(=O)CCC1. The van der Waals surface area contributed by atoms with Gasteiger partial charge < -0.3 is 0 Å². The summed E-state index contributed by atoms with van der Waals surface area (Å²) in [6.07, 6.45) is 2.71. The predicted octanol–water partition coefficient (Wildman–Crippen LogP) is 3.23. The maximum absolute atomic E-state index is 12.0. The minimum Gasteiger partial charge on any atom is -0.284 e. The molecule has 0 radical (unpaired) electrons. The molecule has 1 aliphatic rings. The Bertz CT molecular complexity index is 592. The molecule has 0 amide bonds. The molecule has 0 aliphatic carbocycles. The number of fused-ring (bicyclic) bond motifs is 3. The highest BCUT2D eigenvalue weighted by molar-refractivity contribution is 5.98. The Morgan fingerprint density at radius 3 is 2.81 bits per heavy atom. The average Bonchev–Trinajstić information content (AvgIpc) is 2.56. The maximum Gasteiger partial charge on any atom is 0.231 e. The number of benzene rings is 1. The monoisotopic (exact) mass is 213 g/mol. The highest BCUT2D eigenvalue weighted by Gasteiger charge is 2.22. The molecule has 0 atom stereocenters. The van der Waals surface area contributed by atoms with Crippen molar-refractivity contribution in [3.05, 3.63) is 35.0 Å². The van der Waals surface area contributed by atoms with E-state index in [0.29, 0.717) is 6.42 Å². The highest BCUT2D eigenvalue weighted by Crippen LogP contribution is 2.31. The lowest BCUT2D eigenvalue weighted by Gasteiger charge is -2.14. The van der Waals surface area contributed by atoms with E-state index in [1.807, 2.05) is 10.6 Å². The maximum atomic E-state index is 12.0. The zero-order valence-electron chi connectivity index (χ0n) is 9.71. The average molecular weight is 213 g/mol. The molecule has 0 bridgehead atoms. The van der Waals surface area contributed by atoms with Crippen LogP contribution >= 0.6 is 0 Å². The van der Waals surface area contributed by atoms with Gasteiger partial charge in [0.25, 0.3) is 0 Å². The number of aromatic nitrogens is 1. The summed E-state index contributed by atoms with van der Waals surface area (Å²) >= 11 is 0. The highest BCUT2D eigenvalue weighted by atomic mass is 16.2. The van der Waals surface area contributed by atoms with Crippen LogP contribution in [0.1, 0.15) is 34.5 Å². The Morgan fingerprint density at radius 2 is 2.00 bits per heavy atom. The quantitative estimate of drug-likeness (QED) is 0.658. The summed E-state index contributed by atoms with van der Waals surface area (Å²) in [5.74, 6) is 0.255. The first-order valence-corrected chi connectivity index (χ1v) is 5.83. The molecule has 0 unspecified atom stereocenters. The predicted molar refractivity (Wildman–Crippen MR) is 65.0 cm³/mol. The van der Waals surface area contributed by atoms with Crippen LogP contribution in [0.15, 0.2) is 18.2 Å². The van der Waals surface area contributed by atoms with Gasteiger partial charge in [0, 0.05) is 17.5 Å². The van der Waals surface area contributed by atoms with Crippen molar-refractivity contribution < 1.29 is 4.79 Å². The van der Waals surface area contributed by atoms with E-state index in [1.54, 1.807) is 0 Å². The van der Waals surface area contributed by atoms with Crippen LogP contribution in [0, 0.1) is 13.8 Å². The number of carbonyl (C=O) groups is 1. The Morgan fingerprint density at radius 1 is 1.19 bits per heavy atom. The van der Waals surface area contributed by atoms with Crippen molar-refractivity contribution in [3.8, 4) is 0 Å². The van der Waals surface area contributed by atoms with Crippen molar-refractivity contribution >= 4 is 16.8 Å². The Labute approximate surface area is 94.9 Å². The fourth-order valence-corrected chi connectivity index (χ4v) is 2.89. The fraction of sp³-hybridized carbons (Fsp3) is 0.357. The van der Waals surface area contributed by atoms with Crippen LogP contribution in [0.4, 0.5) is 0 Å². The number of nitrogens with zero attached hydrogens (tertiary/aromatic N) is 1. The van der Waals surface area contributed by atoms with E-state index in [1.165, 1.54) is 22.2 Å². The molecular weight excluding hydrogens is 198 g/mol. The number of hydrogen-bond donors (Lipinski definition) is 0. The zero-order valence-corrected chi connectivity index (χ0v) is 9.71. The van der Waals surface area contributed by atoms with E-state index in [-0.39, 0.29) is 5.91 Å². The van der Waals surface area contributed by atoms with E-state index < -0.39 is 0 Å². The molecule has 0 fully saturated rings. The van der Waals surface area contributed by atoms with Gasteiger partial charge >= 0.3 is 0 Å². The standard InChI is InChI=1S/C14H15NO/c1-9-5-3-7-12-14(9)10(2)11-6-4-8-13(16)15(11)12/h3,5,7H,4,6,8H2,1-2H3. The largest absolute Gasteiger partial charge is 0.284 e. The van der Waals surface area contributed by atoms with Crippen molar-refractivity contribution in [1.82, 2.24) is 4.57 Å². The van der Waals surface area contributed by atoms with Gasteiger partial charge in [0.2, 0.25) is 5.91 Å². The Kier molecular flexibility index (Phi) is 1.93. The molecule has 82 valence electrons. The molecule has 1 aromatic carbocycles. The van der Waals surface area contributed by atoms with E-state index in [4.69, 9.17) is 0 Å². The van der Waals surface area contributed by atoms with Gasteiger partial charge in [0.1, 0.15) is 0 Å². The van der Waals surface area contributed by atoms with Crippen molar-refractivity contribution in [3.63, 3.8) is 0 Å². The summed E-state index contributed by atoms with van der Waals surface area (Å²) in [6, 6.07) is 6.21. The summed E-state index contributed by atoms with van der Waals surface area (Å²) in [6.45, 7) is 4.26. The van der Waals surface area contributed by atoms with Crippen molar-refractivity contribution in [2.24, 2.45) is 0 Å². The van der Waals surface area contributed by atoms with Gasteiger partial charge in [0.15, 0.2) is 0 Å². The number of aryl methyl sites for hydroxylation is 2. The molecule has 2 heterocycles. The smallest absolute Gasteiger partial charge is 0.231 e. The van der Waals surface area contributed by atoms with Gasteiger partial charge in [0.05, 0.1) is 5.52 Å². The van der Waals surface area contributed by atoms with Crippen molar-refractivity contribution in [1.29, 1.82) is 0 Å². The molecule has 0 spiro atoms. The molecule has 0 saturated carbocycles. The molecule has 2 heteroatoms. The first-order chi connectivity index (χ1) is 7.70. The van der Waals surface area contributed by atoms with Crippen LogP contribution in [0.5, 0.6) is 0 Å². The van der Waals surface area contributed by atoms with Crippen LogP contribution < -0.4 is 0 Å². The second kappa shape index (κ2) is 3.21. The van der Waals surface area contributed by atoms with Gasteiger partial charge in [-0.1, -0.05) is 12.1 Å². The Hall–Kier alpha value is -1.57. The van der Waals surface area contributed by atoms with E-state index in [2.05, 4.69) is 26.0 Å². The van der Waals surface area contributed by atoms with Gasteiger partial charge in [-0.15, -0.1) is 0 Å². The fourth-order valence-electron chi connectivity index (χ4n) is 2.89. The third-order valence-corrected chi connectivity index (χ3v) is 3.62. The summed E-state index contributed by atoms with van der Waals surface area (Å²) in [7, 11) is 0. The molecule has 0 N–H and O–H groups in total. The number of hydrogen-bond acceptors (Lipinski definition) is 1. The van der Waals surface area contributed by atoms with E-state index in [9.17, 15) is 4.79 Å². The van der Waals surface area contributed by atoms with Gasteiger partial charge in [-0.05, 0) is 43.9 Å². The first-order valence-electron chi connectivity index (χ1n) is 5.83. The second-order valence-electron chi connectivity index (χ2n) is 4.62. The summed E-state index contributed by atoms with van der Waals surface area (Å²) in [5.41, 5.74) is 4.88. The summed E-state index contributed by atoms with van der Waals surface area (Å²) in [4.78, 5) is 12.0. The van der Waals surface area contributed by atoms with Crippen LogP contribution in [0.3, 0.4) is 0 Å². The topological polar surface area (TPSA) is 22.0 Å². The van der Waals surface area contributed by atoms with E-state index >= 15 is 0 Å². The van der Waals surface area contributed by atoms with Crippen LogP contribution in [-0.4, -0.2) is 10.5 Å². The van der Waals surface area contributed by atoms with Gasteiger partial charge in [-0.3, -0.25) is 9.36 Å². The normalized spacial score (nSPS) is 15.5. The third kappa shape index (κ3) is 1.10. The molecule has 1 aliphatic heterocycles. The molecule has 2 nitrogen and oxygen atoms in total. The van der Waals surface area contributed by atoms with Gasteiger partial charge in [-0.2, -0.15) is 0 Å². The van der Waals surface area contributed by atoms with Crippen molar-refractivity contribution in [2.75, 3.05) is 0 Å². The van der Waals surface area contributed by atoms with Gasteiger partial charge in [-0.25, -0.2) is 0 Å². The number of carbonyl (C=O) groups excluding carboxylic acids is 1. The summed E-state index contributed by atoms with van der Waals surface area (Å²) < 4.78 is 1.93. The minimum absolute atomic E-state index is 0.255. The molecule has 3 rings (SSSR count). The molecule has 16 heavy (non-hydrogen) atoms. The lowest BCUT2D eigenvalue weighted by molar-refractivity contribution is 0.0889. The lowest BCUT2D eigenvalue weighted by atomic mass is 10.0. The third-order valence-electron chi connectivity index (χ3n) is 3.62. The van der Waals surface area contributed by atoms with Crippen LogP contribution in [-0.2, 0) is 6.42 Å². The Balaban J connectivity index is 2.49. The first kappa shape index (κ1) is 9.64. The zero-order chi connectivity index (χ0) is 11.3. The van der Waals surface area contributed by atoms with E-state index in [0.717, 1.165) is 18.4 Å². The molecule has 0 saturated heterocycles.